The van der Waals surface area contributed by atoms with Gasteiger partial charge in [-0.25, -0.2) is 0 Å². The third-order valence-electron chi connectivity index (χ3n) is 5.21. The lowest BCUT2D eigenvalue weighted by molar-refractivity contribution is -0.0212. The second-order valence-electron chi connectivity index (χ2n) is 7.31. The Morgan fingerprint density at radius 2 is 1.96 bits per heavy atom. The van der Waals surface area contributed by atoms with Crippen molar-refractivity contribution in [3.63, 3.8) is 0 Å². The second kappa shape index (κ2) is 8.11. The fourth-order valence-corrected chi connectivity index (χ4v) is 3.79. The predicted octanol–water partition coefficient (Wildman–Crippen LogP) is 3.16. The summed E-state index contributed by atoms with van der Waals surface area (Å²) in [6, 6.07) is 15.8. The summed E-state index contributed by atoms with van der Waals surface area (Å²) in [5.74, 6) is 0.826. The number of fused-ring (bicyclic) bond motifs is 1. The minimum absolute atomic E-state index is 0.00281. The van der Waals surface area contributed by atoms with Gasteiger partial charge in [-0.1, -0.05) is 30.3 Å². The zero-order valence-electron chi connectivity index (χ0n) is 15.7. The van der Waals surface area contributed by atoms with Crippen molar-refractivity contribution in [1.29, 1.82) is 0 Å². The van der Waals surface area contributed by atoms with E-state index >= 15 is 0 Å². The number of carbonyl (C=O) groups excluding carboxylic acids is 1. The van der Waals surface area contributed by atoms with Gasteiger partial charge in [-0.2, -0.15) is 0 Å². The van der Waals surface area contributed by atoms with Gasteiger partial charge < -0.3 is 14.8 Å². The lowest BCUT2D eigenvalue weighted by atomic mass is 10.00. The van der Waals surface area contributed by atoms with Gasteiger partial charge in [-0.15, -0.1) is 0 Å². The van der Waals surface area contributed by atoms with E-state index in [4.69, 9.17) is 9.47 Å². The molecule has 5 nitrogen and oxygen atoms in total. The maximum atomic E-state index is 12.7. The van der Waals surface area contributed by atoms with Crippen LogP contribution in [-0.2, 0) is 11.3 Å². The molecule has 0 radical (unpaired) electrons. The molecule has 0 saturated carbocycles. The van der Waals surface area contributed by atoms with Crippen LogP contribution in [-0.4, -0.2) is 43.2 Å². The fraction of sp³-hybridized carbons (Fsp3) is 0.409. The second-order valence-corrected chi connectivity index (χ2v) is 7.31. The van der Waals surface area contributed by atoms with Crippen LogP contribution in [0.4, 0.5) is 0 Å². The summed E-state index contributed by atoms with van der Waals surface area (Å²) in [6.07, 6.45) is 1.07. The minimum atomic E-state index is -0.0387. The fourth-order valence-electron chi connectivity index (χ4n) is 3.79. The van der Waals surface area contributed by atoms with E-state index in [1.165, 1.54) is 5.56 Å². The summed E-state index contributed by atoms with van der Waals surface area (Å²) in [5.41, 5.74) is 2.96. The Balaban J connectivity index is 1.38. The van der Waals surface area contributed by atoms with Crippen molar-refractivity contribution in [3.05, 3.63) is 65.2 Å². The van der Waals surface area contributed by atoms with Gasteiger partial charge in [0.05, 0.1) is 25.4 Å². The molecule has 5 heteroatoms. The summed E-state index contributed by atoms with van der Waals surface area (Å²) in [5, 5.41) is 3.15. The highest BCUT2D eigenvalue weighted by Gasteiger charge is 2.23. The summed E-state index contributed by atoms with van der Waals surface area (Å²) in [4.78, 5) is 15.1. The molecule has 2 aromatic carbocycles. The van der Waals surface area contributed by atoms with Crippen LogP contribution < -0.4 is 10.1 Å². The molecular formula is C22H26N2O3. The van der Waals surface area contributed by atoms with E-state index in [2.05, 4.69) is 17.1 Å². The third kappa shape index (κ3) is 4.31. The maximum Gasteiger partial charge on any atom is 0.251 e. The highest BCUT2D eigenvalue weighted by atomic mass is 16.5. The number of ether oxygens (including phenoxy) is 2. The molecule has 27 heavy (non-hydrogen) atoms. The molecule has 1 fully saturated rings. The van der Waals surface area contributed by atoms with Gasteiger partial charge in [0.1, 0.15) is 5.75 Å². The van der Waals surface area contributed by atoms with Crippen molar-refractivity contribution in [1.82, 2.24) is 10.2 Å². The van der Waals surface area contributed by atoms with E-state index in [1.807, 2.05) is 48.5 Å². The molecule has 0 bridgehead atoms. The average molecular weight is 366 g/mol. The molecule has 1 amide bonds. The predicted molar refractivity (Wildman–Crippen MR) is 104 cm³/mol. The molecule has 2 aromatic rings. The first-order valence-electron chi connectivity index (χ1n) is 9.64. The van der Waals surface area contributed by atoms with Crippen LogP contribution in [0.15, 0.2) is 48.5 Å². The van der Waals surface area contributed by atoms with Crippen LogP contribution in [0.25, 0.3) is 0 Å². The number of para-hydroxylation sites is 1. The van der Waals surface area contributed by atoms with Crippen molar-refractivity contribution in [3.8, 4) is 5.75 Å². The molecule has 1 N–H and O–H groups in total. The Labute approximate surface area is 160 Å². The van der Waals surface area contributed by atoms with E-state index < -0.39 is 0 Å². The van der Waals surface area contributed by atoms with Crippen LogP contribution in [0.5, 0.6) is 5.75 Å². The smallest absolute Gasteiger partial charge is 0.251 e. The molecule has 4 rings (SSSR count). The first-order chi connectivity index (χ1) is 13.2. The van der Waals surface area contributed by atoms with Gasteiger partial charge in [0.2, 0.25) is 0 Å². The number of rotatable bonds is 4. The van der Waals surface area contributed by atoms with Gasteiger partial charge in [0, 0.05) is 37.2 Å². The molecule has 0 aliphatic carbocycles. The van der Waals surface area contributed by atoms with Crippen LogP contribution in [0.1, 0.15) is 40.9 Å². The number of nitrogens with one attached hydrogen (secondary N) is 1. The van der Waals surface area contributed by atoms with Gasteiger partial charge in [0.25, 0.3) is 5.91 Å². The Hall–Kier alpha value is -2.37. The zero-order valence-corrected chi connectivity index (χ0v) is 15.7. The van der Waals surface area contributed by atoms with E-state index in [-0.39, 0.29) is 18.1 Å². The molecule has 1 saturated heterocycles. The molecule has 0 aromatic heterocycles. The largest absolute Gasteiger partial charge is 0.493 e. The number of amides is 1. The summed E-state index contributed by atoms with van der Waals surface area (Å²) in [7, 11) is 0. The van der Waals surface area contributed by atoms with Crippen LogP contribution in [0.2, 0.25) is 0 Å². The average Bonchev–Trinajstić information content (AvgIpc) is 2.69. The molecule has 2 heterocycles. The quantitative estimate of drug-likeness (QED) is 0.903. The number of benzene rings is 2. The molecule has 2 aliphatic rings. The number of carbonyl (C=O) groups is 1. The molecule has 2 unspecified atom stereocenters. The van der Waals surface area contributed by atoms with Gasteiger partial charge in [-0.05, 0) is 30.7 Å². The van der Waals surface area contributed by atoms with Crippen molar-refractivity contribution in [2.45, 2.75) is 32.0 Å². The van der Waals surface area contributed by atoms with Crippen LogP contribution in [0.3, 0.4) is 0 Å². The molecule has 2 atom stereocenters. The normalized spacial score (nSPS) is 22.6. The SMILES string of the molecule is CC1CN(Cc2ccc(C(=O)NC3CCOc4ccccc43)cc2)CCO1. The first kappa shape index (κ1) is 18.0. The summed E-state index contributed by atoms with van der Waals surface area (Å²) < 4.78 is 11.3. The van der Waals surface area contributed by atoms with Gasteiger partial charge >= 0.3 is 0 Å². The minimum Gasteiger partial charge on any atom is -0.493 e. The van der Waals surface area contributed by atoms with E-state index in [9.17, 15) is 4.79 Å². The van der Waals surface area contributed by atoms with Gasteiger partial charge in [-0.3, -0.25) is 9.69 Å². The lowest BCUT2D eigenvalue weighted by Crippen LogP contribution is -2.40. The first-order valence-corrected chi connectivity index (χ1v) is 9.64. The monoisotopic (exact) mass is 366 g/mol. The molecular weight excluding hydrogens is 340 g/mol. The van der Waals surface area contributed by atoms with E-state index in [0.717, 1.165) is 44.0 Å². The van der Waals surface area contributed by atoms with Crippen molar-refractivity contribution >= 4 is 5.91 Å². The Morgan fingerprint density at radius 1 is 1.15 bits per heavy atom. The Bertz CT molecular complexity index is 790. The zero-order chi connectivity index (χ0) is 18.6. The topological polar surface area (TPSA) is 50.8 Å². The maximum absolute atomic E-state index is 12.7. The highest BCUT2D eigenvalue weighted by Crippen LogP contribution is 2.31. The number of hydrogen-bond acceptors (Lipinski definition) is 4. The highest BCUT2D eigenvalue weighted by molar-refractivity contribution is 5.94. The van der Waals surface area contributed by atoms with E-state index in [0.29, 0.717) is 12.2 Å². The summed E-state index contributed by atoms with van der Waals surface area (Å²) >= 11 is 0. The summed E-state index contributed by atoms with van der Waals surface area (Å²) in [6.45, 7) is 6.31. The van der Waals surface area contributed by atoms with Crippen LogP contribution >= 0.6 is 0 Å². The Kier molecular flexibility index (Phi) is 5.41. The van der Waals surface area contributed by atoms with Crippen molar-refractivity contribution in [2.24, 2.45) is 0 Å². The van der Waals surface area contributed by atoms with Gasteiger partial charge in [0.15, 0.2) is 0 Å². The van der Waals surface area contributed by atoms with Crippen molar-refractivity contribution in [2.75, 3.05) is 26.3 Å². The lowest BCUT2D eigenvalue weighted by Gasteiger charge is -2.31. The number of hydrogen-bond donors (Lipinski definition) is 1. The van der Waals surface area contributed by atoms with Crippen LogP contribution in [0, 0.1) is 0 Å². The Morgan fingerprint density at radius 3 is 2.78 bits per heavy atom. The van der Waals surface area contributed by atoms with Crippen molar-refractivity contribution < 1.29 is 14.3 Å². The standard InChI is InChI=1S/C22H26N2O3/c1-16-14-24(11-13-26-16)15-17-6-8-18(9-7-17)22(25)23-20-10-12-27-21-5-3-2-4-19(20)21/h2-9,16,20H,10-15H2,1H3,(H,23,25). The molecule has 2 aliphatic heterocycles. The third-order valence-corrected chi connectivity index (χ3v) is 5.21. The van der Waals surface area contributed by atoms with E-state index in [1.54, 1.807) is 0 Å². The number of morpholine rings is 1. The number of nitrogens with zero attached hydrogens (tertiary/aromatic N) is 1. The molecule has 142 valence electrons. The molecule has 0 spiro atoms.